The van der Waals surface area contributed by atoms with E-state index in [4.69, 9.17) is 9.47 Å². The summed E-state index contributed by atoms with van der Waals surface area (Å²) in [5.74, 6) is -1.70. The third-order valence-corrected chi connectivity index (χ3v) is 5.71. The molecular weight excluding hydrogens is 440 g/mol. The minimum atomic E-state index is -2.48. The highest BCUT2D eigenvalue weighted by Gasteiger charge is 2.24. The van der Waals surface area contributed by atoms with E-state index in [1.165, 1.54) is 14.2 Å². The molecule has 1 N–H and O–H groups in total. The molecule has 0 bridgehead atoms. The number of carbonyl (C=O) groups excluding carboxylic acids is 2. The summed E-state index contributed by atoms with van der Waals surface area (Å²) in [6, 6.07) is 11.3. The molecule has 1 aliphatic heterocycles. The molecule has 1 aliphatic rings. The van der Waals surface area contributed by atoms with Crippen LogP contribution in [0.2, 0.25) is 0 Å². The monoisotopic (exact) mass is 465 g/mol. The molecule has 7 nitrogen and oxygen atoms in total. The molecule has 1 saturated heterocycles. The first-order chi connectivity index (χ1) is 15.4. The molecular formula is C22H25F2N3O4S. The number of thioether (sulfide) groups is 1. The summed E-state index contributed by atoms with van der Waals surface area (Å²) in [5, 5.41) is 2.77. The molecule has 0 unspecified atom stereocenters. The van der Waals surface area contributed by atoms with Crippen LogP contribution < -0.4 is 14.8 Å². The number of carbonyl (C=O) groups is 2. The highest BCUT2D eigenvalue weighted by Crippen LogP contribution is 2.26. The van der Waals surface area contributed by atoms with E-state index in [0.717, 1.165) is 0 Å². The normalized spacial score (nSPS) is 14.3. The van der Waals surface area contributed by atoms with Crippen LogP contribution in [0.5, 0.6) is 11.5 Å². The number of amides is 2. The van der Waals surface area contributed by atoms with Crippen molar-refractivity contribution in [1.82, 2.24) is 9.80 Å². The molecule has 2 amide bonds. The lowest BCUT2D eigenvalue weighted by Gasteiger charge is -2.34. The fraction of sp³-hybridized carbons (Fsp3) is 0.364. The van der Waals surface area contributed by atoms with Crippen molar-refractivity contribution in [1.29, 1.82) is 0 Å². The van der Waals surface area contributed by atoms with Gasteiger partial charge in [-0.05, 0) is 36.4 Å². The van der Waals surface area contributed by atoms with Gasteiger partial charge in [0.25, 0.3) is 11.7 Å². The van der Waals surface area contributed by atoms with Gasteiger partial charge in [0.05, 0.1) is 20.8 Å². The van der Waals surface area contributed by atoms with Gasteiger partial charge in [-0.15, -0.1) is 0 Å². The van der Waals surface area contributed by atoms with Crippen molar-refractivity contribution in [2.75, 3.05) is 52.3 Å². The number of piperazine rings is 1. The van der Waals surface area contributed by atoms with Crippen molar-refractivity contribution in [3.8, 4) is 11.5 Å². The molecule has 0 radical (unpaired) electrons. The molecule has 10 heteroatoms. The molecule has 3 rings (SSSR count). The molecule has 32 heavy (non-hydrogen) atoms. The Morgan fingerprint density at radius 2 is 1.59 bits per heavy atom. The number of nitrogens with one attached hydrogen (secondary N) is 1. The number of halogens is 2. The van der Waals surface area contributed by atoms with Gasteiger partial charge in [0.15, 0.2) is 0 Å². The van der Waals surface area contributed by atoms with E-state index in [1.54, 1.807) is 47.4 Å². The van der Waals surface area contributed by atoms with E-state index in [2.05, 4.69) is 5.32 Å². The average Bonchev–Trinajstić information content (AvgIpc) is 2.79. The van der Waals surface area contributed by atoms with Crippen LogP contribution in [0.1, 0.15) is 10.4 Å². The van der Waals surface area contributed by atoms with Crippen molar-refractivity contribution in [2.45, 2.75) is 10.7 Å². The van der Waals surface area contributed by atoms with Crippen LogP contribution in [0.3, 0.4) is 0 Å². The van der Waals surface area contributed by atoms with E-state index in [1.807, 2.05) is 4.90 Å². The molecule has 0 saturated carbocycles. The van der Waals surface area contributed by atoms with Gasteiger partial charge < -0.3 is 19.7 Å². The second-order valence-corrected chi connectivity index (χ2v) is 8.18. The predicted octanol–water partition coefficient (Wildman–Crippen LogP) is 3.42. The maximum absolute atomic E-state index is 12.9. The Kier molecular flexibility index (Phi) is 8.29. The largest absolute Gasteiger partial charge is 0.497 e. The summed E-state index contributed by atoms with van der Waals surface area (Å²) < 4.78 is 35.2. The standard InChI is InChI=1S/C22H25F2N3O4S/c1-30-17-11-15(12-18(13-17)31-2)21(29)27-9-7-26(8-10-27)14-20(28)25-16-3-5-19(6-4-16)32-22(23)24/h3-6,11-13,22H,7-10,14H2,1-2H3,(H,25,28). The first-order valence-corrected chi connectivity index (χ1v) is 10.9. The topological polar surface area (TPSA) is 71.1 Å². The highest BCUT2D eigenvalue weighted by atomic mass is 32.2. The van der Waals surface area contributed by atoms with Crippen LogP contribution in [-0.2, 0) is 4.79 Å². The van der Waals surface area contributed by atoms with E-state index in [9.17, 15) is 18.4 Å². The lowest BCUT2D eigenvalue weighted by Crippen LogP contribution is -2.50. The van der Waals surface area contributed by atoms with E-state index in [-0.39, 0.29) is 18.4 Å². The van der Waals surface area contributed by atoms with Crippen LogP contribution in [-0.4, -0.2) is 74.3 Å². The Morgan fingerprint density at radius 1 is 1.00 bits per heavy atom. The minimum absolute atomic E-state index is 0.118. The summed E-state index contributed by atoms with van der Waals surface area (Å²) in [5.41, 5.74) is 1.04. The number of anilines is 1. The summed E-state index contributed by atoms with van der Waals surface area (Å²) in [6.07, 6.45) is 0. The second-order valence-electron chi connectivity index (χ2n) is 7.12. The van der Waals surface area contributed by atoms with Gasteiger partial charge in [-0.2, -0.15) is 8.78 Å². The first-order valence-electron chi connectivity index (χ1n) is 9.97. The Hall–Kier alpha value is -2.85. The van der Waals surface area contributed by atoms with Crippen molar-refractivity contribution in [3.05, 3.63) is 48.0 Å². The number of nitrogens with zero attached hydrogens (tertiary/aromatic N) is 2. The molecule has 1 fully saturated rings. The molecule has 0 aromatic heterocycles. The highest BCUT2D eigenvalue weighted by molar-refractivity contribution is 7.99. The third-order valence-electron chi connectivity index (χ3n) is 4.99. The fourth-order valence-electron chi connectivity index (χ4n) is 3.35. The predicted molar refractivity (Wildman–Crippen MR) is 119 cm³/mol. The van der Waals surface area contributed by atoms with Crippen molar-refractivity contribution >= 4 is 29.3 Å². The number of ether oxygens (including phenoxy) is 2. The van der Waals surface area contributed by atoms with Crippen LogP contribution in [0.25, 0.3) is 0 Å². The van der Waals surface area contributed by atoms with Crippen LogP contribution in [0.15, 0.2) is 47.4 Å². The number of rotatable bonds is 8. The Labute approximate surface area is 189 Å². The van der Waals surface area contributed by atoms with Gasteiger partial charge in [-0.3, -0.25) is 14.5 Å². The number of benzene rings is 2. The van der Waals surface area contributed by atoms with E-state index >= 15 is 0 Å². The zero-order chi connectivity index (χ0) is 23.1. The quantitative estimate of drug-likeness (QED) is 0.603. The minimum Gasteiger partial charge on any atom is -0.497 e. The van der Waals surface area contributed by atoms with Gasteiger partial charge in [0.2, 0.25) is 5.91 Å². The van der Waals surface area contributed by atoms with E-state index in [0.29, 0.717) is 65.6 Å². The Balaban J connectivity index is 1.49. The Morgan fingerprint density at radius 3 is 2.12 bits per heavy atom. The van der Waals surface area contributed by atoms with Crippen LogP contribution in [0, 0.1) is 0 Å². The number of methoxy groups -OCH3 is 2. The van der Waals surface area contributed by atoms with Crippen molar-refractivity contribution in [2.24, 2.45) is 0 Å². The molecule has 0 aliphatic carbocycles. The number of hydrogen-bond acceptors (Lipinski definition) is 6. The van der Waals surface area contributed by atoms with Crippen molar-refractivity contribution in [3.63, 3.8) is 0 Å². The summed E-state index contributed by atoms with van der Waals surface area (Å²) >= 11 is 0.459. The summed E-state index contributed by atoms with van der Waals surface area (Å²) in [6.45, 7) is 2.29. The molecule has 2 aromatic rings. The van der Waals surface area contributed by atoms with E-state index < -0.39 is 5.76 Å². The van der Waals surface area contributed by atoms with Gasteiger partial charge >= 0.3 is 0 Å². The summed E-state index contributed by atoms with van der Waals surface area (Å²) in [7, 11) is 3.06. The molecule has 0 spiro atoms. The Bertz CT molecular complexity index is 913. The zero-order valence-corrected chi connectivity index (χ0v) is 18.7. The van der Waals surface area contributed by atoms with Gasteiger partial charge in [0, 0.05) is 48.4 Å². The fourth-order valence-corrected chi connectivity index (χ4v) is 3.84. The molecule has 1 heterocycles. The SMILES string of the molecule is COc1cc(OC)cc(C(=O)N2CCN(CC(=O)Nc3ccc(SC(F)F)cc3)CC2)c1. The zero-order valence-electron chi connectivity index (χ0n) is 17.8. The average molecular weight is 466 g/mol. The summed E-state index contributed by atoms with van der Waals surface area (Å²) in [4.78, 5) is 29.3. The molecule has 0 atom stereocenters. The number of alkyl halides is 2. The smallest absolute Gasteiger partial charge is 0.288 e. The number of hydrogen-bond donors (Lipinski definition) is 1. The molecule has 172 valence electrons. The molecule has 2 aromatic carbocycles. The lowest BCUT2D eigenvalue weighted by atomic mass is 10.1. The third kappa shape index (κ3) is 6.57. The van der Waals surface area contributed by atoms with Crippen LogP contribution in [0.4, 0.5) is 14.5 Å². The lowest BCUT2D eigenvalue weighted by molar-refractivity contribution is -0.117. The maximum atomic E-state index is 12.9. The van der Waals surface area contributed by atoms with Crippen molar-refractivity contribution < 1.29 is 27.8 Å². The van der Waals surface area contributed by atoms with Gasteiger partial charge in [-0.25, -0.2) is 0 Å². The van der Waals surface area contributed by atoms with Crippen LogP contribution >= 0.6 is 11.8 Å². The van der Waals surface area contributed by atoms with Gasteiger partial charge in [0.1, 0.15) is 11.5 Å². The maximum Gasteiger partial charge on any atom is 0.288 e. The second kappa shape index (κ2) is 11.1. The van der Waals surface area contributed by atoms with Gasteiger partial charge in [-0.1, -0.05) is 11.8 Å². The first kappa shape index (κ1) is 23.8.